The van der Waals surface area contributed by atoms with E-state index in [9.17, 15) is 10.2 Å². The van der Waals surface area contributed by atoms with E-state index < -0.39 is 0 Å². The molecule has 2 nitrogen and oxygen atoms in total. The van der Waals surface area contributed by atoms with E-state index in [2.05, 4.69) is 24.3 Å². The van der Waals surface area contributed by atoms with E-state index >= 15 is 0 Å². The number of benzene rings is 2. The van der Waals surface area contributed by atoms with Gasteiger partial charge in [0, 0.05) is 6.42 Å². The summed E-state index contributed by atoms with van der Waals surface area (Å²) in [5.74, 6) is 3.29. The first-order valence-electron chi connectivity index (χ1n) is 16.9. The van der Waals surface area contributed by atoms with E-state index in [1.165, 1.54) is 151 Å². The molecule has 0 heterocycles. The average Bonchev–Trinajstić information content (AvgIpc) is 3.01. The summed E-state index contributed by atoms with van der Waals surface area (Å²) in [5.41, 5.74) is 7.46. The molecule has 2 heteroatoms. The van der Waals surface area contributed by atoms with Crippen molar-refractivity contribution in [2.24, 2.45) is 0 Å². The van der Waals surface area contributed by atoms with Gasteiger partial charge in [0.15, 0.2) is 0 Å². The van der Waals surface area contributed by atoms with Gasteiger partial charge in [0.25, 0.3) is 0 Å². The predicted molar refractivity (Wildman–Crippen MR) is 162 cm³/mol. The fourth-order valence-corrected chi connectivity index (χ4v) is 8.76. The fourth-order valence-electron chi connectivity index (χ4n) is 8.76. The molecule has 2 aromatic carbocycles. The van der Waals surface area contributed by atoms with Crippen LogP contribution in [-0.2, 0) is 6.42 Å². The minimum Gasteiger partial charge on any atom is -0.507 e. The minimum absolute atomic E-state index is 0.487. The Hall–Kier alpha value is -1.96. The molecule has 0 atom stereocenters. The van der Waals surface area contributed by atoms with Crippen LogP contribution in [0.4, 0.5) is 0 Å². The second-order valence-corrected chi connectivity index (χ2v) is 13.8. The Morgan fingerprint density at radius 2 is 0.718 bits per heavy atom. The Morgan fingerprint density at radius 3 is 1.05 bits per heavy atom. The van der Waals surface area contributed by atoms with Crippen molar-refractivity contribution in [1.29, 1.82) is 0 Å². The monoisotopic (exact) mass is 528 g/mol. The maximum atomic E-state index is 11.8. The summed E-state index contributed by atoms with van der Waals surface area (Å²) in [6.45, 7) is 0. The molecule has 39 heavy (non-hydrogen) atoms. The molecule has 6 rings (SSSR count). The molecular weight excluding hydrogens is 476 g/mol. The molecule has 4 saturated carbocycles. The van der Waals surface area contributed by atoms with Gasteiger partial charge in [-0.1, -0.05) is 101 Å². The standard InChI is InChI=1S/C37H52O2/c38-36-32(21-30(26-13-5-1-6-14-26)24-34(36)28-17-9-3-10-18-28)23-33-22-31(27-15-7-2-8-16-27)25-35(37(33)39)29-19-11-4-12-20-29/h21-22,24-29,38-39H,1-20,23H2. The van der Waals surface area contributed by atoms with Gasteiger partial charge in [-0.05, 0) is 108 Å². The molecule has 0 spiro atoms. The Labute approximate surface area is 237 Å². The van der Waals surface area contributed by atoms with Crippen LogP contribution in [0.25, 0.3) is 0 Å². The van der Waals surface area contributed by atoms with E-state index in [1.807, 2.05) is 0 Å². The van der Waals surface area contributed by atoms with Crippen LogP contribution < -0.4 is 0 Å². The van der Waals surface area contributed by atoms with E-state index in [1.54, 1.807) is 0 Å². The molecule has 4 aliphatic rings. The van der Waals surface area contributed by atoms with E-state index in [4.69, 9.17) is 0 Å². The third-order valence-electron chi connectivity index (χ3n) is 11.1. The average molecular weight is 529 g/mol. The van der Waals surface area contributed by atoms with Gasteiger partial charge < -0.3 is 10.2 Å². The lowest BCUT2D eigenvalue weighted by molar-refractivity contribution is 0.405. The quantitative estimate of drug-likeness (QED) is 0.391. The van der Waals surface area contributed by atoms with Gasteiger partial charge in [0.1, 0.15) is 11.5 Å². The number of rotatable bonds is 6. The summed E-state index contributed by atoms with van der Waals surface area (Å²) < 4.78 is 0. The summed E-state index contributed by atoms with van der Waals surface area (Å²) in [4.78, 5) is 0. The topological polar surface area (TPSA) is 40.5 Å². The number of aromatic hydroxyl groups is 2. The normalized spacial score (nSPS) is 22.8. The smallest absolute Gasteiger partial charge is 0.122 e. The van der Waals surface area contributed by atoms with Crippen LogP contribution in [0.15, 0.2) is 24.3 Å². The second kappa shape index (κ2) is 12.7. The third kappa shape index (κ3) is 6.20. The van der Waals surface area contributed by atoms with Crippen molar-refractivity contribution in [3.05, 3.63) is 57.6 Å². The predicted octanol–water partition coefficient (Wildman–Crippen LogP) is 10.9. The lowest BCUT2D eigenvalue weighted by atomic mass is 9.77. The van der Waals surface area contributed by atoms with Gasteiger partial charge in [0.05, 0.1) is 0 Å². The van der Waals surface area contributed by atoms with Gasteiger partial charge in [-0.25, -0.2) is 0 Å². The number of phenols is 2. The lowest BCUT2D eigenvalue weighted by Crippen LogP contribution is -2.11. The Morgan fingerprint density at radius 1 is 0.410 bits per heavy atom. The van der Waals surface area contributed by atoms with Crippen LogP contribution in [0.1, 0.15) is 185 Å². The maximum absolute atomic E-state index is 11.8. The molecule has 0 aromatic heterocycles. The van der Waals surface area contributed by atoms with E-state index in [-0.39, 0.29) is 0 Å². The molecule has 4 fully saturated rings. The zero-order valence-corrected chi connectivity index (χ0v) is 24.4. The van der Waals surface area contributed by atoms with Gasteiger partial charge in [-0.3, -0.25) is 0 Å². The minimum atomic E-state index is 0.487. The number of hydrogen-bond donors (Lipinski definition) is 2. The molecule has 0 radical (unpaired) electrons. The van der Waals surface area contributed by atoms with Gasteiger partial charge in [0.2, 0.25) is 0 Å². The summed E-state index contributed by atoms with van der Waals surface area (Å²) in [7, 11) is 0. The summed E-state index contributed by atoms with van der Waals surface area (Å²) in [6.07, 6.45) is 26.4. The molecule has 0 saturated heterocycles. The highest BCUT2D eigenvalue weighted by molar-refractivity contribution is 5.53. The molecule has 2 N–H and O–H groups in total. The highest BCUT2D eigenvalue weighted by Gasteiger charge is 2.27. The Kier molecular flexibility index (Phi) is 8.86. The van der Waals surface area contributed by atoms with Crippen LogP contribution in [0, 0.1) is 0 Å². The zero-order chi connectivity index (χ0) is 26.6. The van der Waals surface area contributed by atoms with Gasteiger partial charge in [-0.15, -0.1) is 0 Å². The van der Waals surface area contributed by atoms with Crippen molar-refractivity contribution < 1.29 is 10.2 Å². The van der Waals surface area contributed by atoms with Gasteiger partial charge in [-0.2, -0.15) is 0 Å². The van der Waals surface area contributed by atoms with Crippen molar-refractivity contribution in [2.45, 2.75) is 159 Å². The van der Waals surface area contributed by atoms with E-state index in [0.29, 0.717) is 41.6 Å². The highest BCUT2D eigenvalue weighted by Crippen LogP contribution is 2.46. The van der Waals surface area contributed by atoms with Crippen molar-refractivity contribution in [1.82, 2.24) is 0 Å². The first-order valence-corrected chi connectivity index (χ1v) is 16.9. The first kappa shape index (κ1) is 27.2. The summed E-state index contributed by atoms with van der Waals surface area (Å²) in [6, 6.07) is 9.47. The number of phenolic OH excluding ortho intramolecular Hbond substituents is 2. The Bertz CT molecular complexity index is 1010. The summed E-state index contributed by atoms with van der Waals surface area (Å²) >= 11 is 0. The van der Waals surface area contributed by atoms with Crippen LogP contribution in [0.5, 0.6) is 11.5 Å². The molecule has 212 valence electrons. The molecular formula is C37H52O2. The van der Waals surface area contributed by atoms with Crippen LogP contribution >= 0.6 is 0 Å². The van der Waals surface area contributed by atoms with Crippen LogP contribution in [0.2, 0.25) is 0 Å². The van der Waals surface area contributed by atoms with Crippen LogP contribution in [0.3, 0.4) is 0 Å². The first-order chi connectivity index (χ1) is 19.2. The molecule has 0 amide bonds. The van der Waals surface area contributed by atoms with Gasteiger partial charge >= 0.3 is 0 Å². The molecule has 0 unspecified atom stereocenters. The summed E-state index contributed by atoms with van der Waals surface area (Å²) in [5, 5.41) is 23.5. The van der Waals surface area contributed by atoms with Crippen LogP contribution in [-0.4, -0.2) is 10.2 Å². The van der Waals surface area contributed by atoms with Crippen molar-refractivity contribution in [2.75, 3.05) is 0 Å². The van der Waals surface area contributed by atoms with E-state index in [0.717, 1.165) is 11.1 Å². The maximum Gasteiger partial charge on any atom is 0.122 e. The second-order valence-electron chi connectivity index (χ2n) is 13.8. The molecule has 4 aliphatic carbocycles. The zero-order valence-electron chi connectivity index (χ0n) is 24.4. The SMILES string of the molecule is Oc1c(Cc2cc(C3CCCCC3)cc(C3CCCCC3)c2O)cc(C2CCCCC2)cc1C1CCCCC1. The molecule has 0 bridgehead atoms. The lowest BCUT2D eigenvalue weighted by Gasteiger charge is -2.29. The Balaban J connectivity index is 1.40. The fraction of sp³-hybridized carbons (Fsp3) is 0.676. The number of hydrogen-bond acceptors (Lipinski definition) is 2. The van der Waals surface area contributed by atoms with Crippen molar-refractivity contribution in [3.63, 3.8) is 0 Å². The van der Waals surface area contributed by atoms with Crippen molar-refractivity contribution in [3.8, 4) is 11.5 Å². The third-order valence-corrected chi connectivity index (χ3v) is 11.1. The molecule has 2 aromatic rings. The highest BCUT2D eigenvalue weighted by atomic mass is 16.3. The largest absolute Gasteiger partial charge is 0.507 e. The molecule has 0 aliphatic heterocycles. The van der Waals surface area contributed by atoms with Crippen molar-refractivity contribution >= 4 is 0 Å².